The van der Waals surface area contributed by atoms with Crippen LogP contribution in [0.25, 0.3) is 10.2 Å². The van der Waals surface area contributed by atoms with Crippen molar-refractivity contribution in [3.8, 4) is 0 Å². The lowest BCUT2D eigenvalue weighted by Crippen LogP contribution is -3.12. The van der Waals surface area contributed by atoms with Crippen LogP contribution in [-0.4, -0.2) is 67.6 Å². The van der Waals surface area contributed by atoms with Gasteiger partial charge in [0.05, 0.1) is 45.2 Å². The second-order valence-corrected chi connectivity index (χ2v) is 8.37. The third kappa shape index (κ3) is 3.22. The molecule has 0 bridgehead atoms. The van der Waals surface area contributed by atoms with Crippen molar-refractivity contribution in [1.29, 1.82) is 0 Å². The van der Waals surface area contributed by atoms with Crippen LogP contribution < -0.4 is 9.80 Å². The molecule has 1 aliphatic heterocycles. The molecule has 2 aromatic heterocycles. The van der Waals surface area contributed by atoms with Gasteiger partial charge in [0.25, 0.3) is 0 Å². The minimum absolute atomic E-state index is 0.200. The van der Waals surface area contributed by atoms with Gasteiger partial charge in [0, 0.05) is 11.9 Å². The van der Waals surface area contributed by atoms with Crippen molar-refractivity contribution in [2.75, 3.05) is 51.7 Å². The number of anilines is 1. The average Bonchev–Trinajstić information content (AvgIpc) is 3.00. The largest absolute Gasteiger partial charge is 0.350 e. The van der Waals surface area contributed by atoms with E-state index in [1.807, 2.05) is 16.8 Å². The minimum atomic E-state index is 0.200. The molecule has 1 amide bonds. The number of likely N-dealkylation sites (N-methyl/N-ethyl adjacent to an activating group) is 2. The fraction of sp³-hybridized carbons (Fsp3) is 0.611. The number of nitrogens with one attached hydrogen (secondary N) is 1. The molecule has 6 nitrogen and oxygen atoms in total. The van der Waals surface area contributed by atoms with Crippen LogP contribution in [0.3, 0.4) is 0 Å². The summed E-state index contributed by atoms with van der Waals surface area (Å²) in [6.07, 6.45) is 6.41. The summed E-state index contributed by atoms with van der Waals surface area (Å²) in [7, 11) is 4.17. The smallest absolute Gasteiger partial charge is 0.242 e. The van der Waals surface area contributed by atoms with Gasteiger partial charge in [-0.15, -0.1) is 11.3 Å². The first-order valence-corrected chi connectivity index (χ1v) is 10.0. The van der Waals surface area contributed by atoms with Gasteiger partial charge >= 0.3 is 0 Å². The molecule has 0 aromatic carbocycles. The maximum atomic E-state index is 12.7. The summed E-state index contributed by atoms with van der Waals surface area (Å²) >= 11 is 1.80. The molecule has 0 unspecified atom stereocenters. The number of amides is 1. The van der Waals surface area contributed by atoms with E-state index in [0.29, 0.717) is 6.54 Å². The van der Waals surface area contributed by atoms with E-state index < -0.39 is 0 Å². The zero-order valence-corrected chi connectivity index (χ0v) is 15.9. The van der Waals surface area contributed by atoms with Crippen LogP contribution in [0, 0.1) is 0 Å². The molecule has 134 valence electrons. The number of hydrogen-bond donors (Lipinski definition) is 1. The van der Waals surface area contributed by atoms with Crippen LogP contribution >= 0.6 is 11.3 Å². The minimum Gasteiger partial charge on any atom is -0.350 e. The third-order valence-corrected chi connectivity index (χ3v) is 6.63. The topological polar surface area (TPSA) is 53.8 Å². The lowest BCUT2D eigenvalue weighted by atomic mass is 9.97. The Labute approximate surface area is 152 Å². The zero-order valence-electron chi connectivity index (χ0n) is 15.0. The summed E-state index contributed by atoms with van der Waals surface area (Å²) in [5, 5.41) is 1.18. The van der Waals surface area contributed by atoms with Crippen LogP contribution in [0.2, 0.25) is 0 Å². The first-order valence-electron chi connectivity index (χ1n) is 9.19. The fourth-order valence-corrected chi connectivity index (χ4v) is 5.10. The third-order valence-electron chi connectivity index (χ3n) is 5.44. The molecule has 3 heterocycles. The van der Waals surface area contributed by atoms with Crippen molar-refractivity contribution in [2.45, 2.75) is 25.7 Å². The molecule has 0 spiro atoms. The number of aromatic nitrogens is 2. The second kappa shape index (κ2) is 6.88. The van der Waals surface area contributed by atoms with Crippen molar-refractivity contribution in [3.63, 3.8) is 0 Å². The SMILES string of the molecule is CN(CC(=O)N1CC[NH+](C)CC1)c1ncnc2sc3c(c12)CCCC3. The van der Waals surface area contributed by atoms with E-state index in [2.05, 4.69) is 17.0 Å². The molecule has 2 aromatic rings. The number of nitrogens with zero attached hydrogens (tertiary/aromatic N) is 4. The number of fused-ring (bicyclic) bond motifs is 3. The van der Waals surface area contributed by atoms with E-state index in [1.165, 1.54) is 33.6 Å². The first-order chi connectivity index (χ1) is 12.1. The van der Waals surface area contributed by atoms with Gasteiger partial charge in [0.2, 0.25) is 5.91 Å². The number of thiophene rings is 1. The van der Waals surface area contributed by atoms with Crippen LogP contribution in [0.5, 0.6) is 0 Å². The van der Waals surface area contributed by atoms with Crippen molar-refractivity contribution >= 4 is 33.3 Å². The van der Waals surface area contributed by atoms with Gasteiger partial charge in [-0.3, -0.25) is 4.79 Å². The maximum absolute atomic E-state index is 12.7. The molecule has 1 fully saturated rings. The van der Waals surface area contributed by atoms with E-state index in [-0.39, 0.29) is 5.91 Å². The molecule has 1 aliphatic carbocycles. The van der Waals surface area contributed by atoms with E-state index >= 15 is 0 Å². The second-order valence-electron chi connectivity index (χ2n) is 7.28. The number of aryl methyl sites for hydroxylation is 2. The summed E-state index contributed by atoms with van der Waals surface area (Å²) in [6.45, 7) is 4.16. The number of piperazine rings is 1. The highest BCUT2D eigenvalue weighted by atomic mass is 32.1. The Morgan fingerprint density at radius 2 is 2.04 bits per heavy atom. The lowest BCUT2D eigenvalue weighted by molar-refractivity contribution is -0.883. The molecule has 1 saturated heterocycles. The molecule has 1 N–H and O–H groups in total. The van der Waals surface area contributed by atoms with Crippen LogP contribution in [0.1, 0.15) is 23.3 Å². The summed E-state index contributed by atoms with van der Waals surface area (Å²) in [6, 6.07) is 0. The predicted octanol–water partition coefficient (Wildman–Crippen LogP) is 0.363. The van der Waals surface area contributed by atoms with Crippen LogP contribution in [-0.2, 0) is 17.6 Å². The Morgan fingerprint density at radius 1 is 1.28 bits per heavy atom. The number of quaternary nitrogens is 1. The average molecular weight is 361 g/mol. The summed E-state index contributed by atoms with van der Waals surface area (Å²) in [4.78, 5) is 29.8. The summed E-state index contributed by atoms with van der Waals surface area (Å²) < 4.78 is 0. The van der Waals surface area contributed by atoms with Gasteiger partial charge < -0.3 is 14.7 Å². The first kappa shape index (κ1) is 16.7. The van der Waals surface area contributed by atoms with Crippen molar-refractivity contribution in [3.05, 3.63) is 16.8 Å². The molecule has 0 radical (unpaired) electrons. The standard InChI is InChI=1S/C18H25N5OS/c1-21-7-9-23(10-8-21)15(24)11-22(2)17-16-13-5-3-4-6-14(13)25-18(16)20-12-19-17/h12H,3-11H2,1-2H3/p+1. The molecule has 0 saturated carbocycles. The molecule has 4 rings (SSSR count). The Bertz CT molecular complexity index is 781. The highest BCUT2D eigenvalue weighted by Gasteiger charge is 2.25. The number of carbonyl (C=O) groups is 1. The molecular weight excluding hydrogens is 334 g/mol. The van der Waals surface area contributed by atoms with Gasteiger partial charge in [-0.05, 0) is 31.2 Å². The van der Waals surface area contributed by atoms with E-state index in [0.717, 1.165) is 49.7 Å². The molecular formula is C18H26N5OS+. The normalized spacial score (nSPS) is 18.4. The van der Waals surface area contributed by atoms with E-state index in [9.17, 15) is 4.79 Å². The predicted molar refractivity (Wildman–Crippen MR) is 101 cm³/mol. The molecule has 2 aliphatic rings. The van der Waals surface area contributed by atoms with Crippen molar-refractivity contribution in [2.24, 2.45) is 0 Å². The summed E-state index contributed by atoms with van der Waals surface area (Å²) in [5.74, 6) is 1.11. The monoisotopic (exact) mass is 360 g/mol. The van der Waals surface area contributed by atoms with Crippen molar-refractivity contribution in [1.82, 2.24) is 14.9 Å². The Hall–Kier alpha value is -1.73. The van der Waals surface area contributed by atoms with Crippen LogP contribution in [0.15, 0.2) is 6.33 Å². The number of hydrogen-bond acceptors (Lipinski definition) is 5. The van der Waals surface area contributed by atoms with Gasteiger partial charge in [-0.2, -0.15) is 0 Å². The fourth-order valence-electron chi connectivity index (χ4n) is 3.88. The van der Waals surface area contributed by atoms with Gasteiger partial charge in [-0.1, -0.05) is 0 Å². The lowest BCUT2D eigenvalue weighted by Gasteiger charge is -2.31. The van der Waals surface area contributed by atoms with Gasteiger partial charge in [0.1, 0.15) is 17.0 Å². The van der Waals surface area contributed by atoms with E-state index in [4.69, 9.17) is 0 Å². The highest BCUT2D eigenvalue weighted by molar-refractivity contribution is 7.19. The van der Waals surface area contributed by atoms with Crippen molar-refractivity contribution < 1.29 is 9.69 Å². The molecule has 25 heavy (non-hydrogen) atoms. The maximum Gasteiger partial charge on any atom is 0.242 e. The van der Waals surface area contributed by atoms with Gasteiger partial charge in [-0.25, -0.2) is 9.97 Å². The zero-order chi connectivity index (χ0) is 17.4. The Balaban J connectivity index is 1.56. The molecule has 7 heteroatoms. The Morgan fingerprint density at radius 3 is 2.84 bits per heavy atom. The number of carbonyl (C=O) groups excluding carboxylic acids is 1. The highest BCUT2D eigenvalue weighted by Crippen LogP contribution is 2.38. The number of rotatable bonds is 3. The van der Waals surface area contributed by atoms with Crippen LogP contribution in [0.4, 0.5) is 5.82 Å². The quantitative estimate of drug-likeness (QED) is 0.859. The Kier molecular flexibility index (Phi) is 4.60. The summed E-state index contributed by atoms with van der Waals surface area (Å²) in [5.41, 5.74) is 1.42. The molecule has 0 atom stereocenters. The van der Waals surface area contributed by atoms with Gasteiger partial charge in [0.15, 0.2) is 0 Å². The van der Waals surface area contributed by atoms with E-state index in [1.54, 1.807) is 17.7 Å².